The van der Waals surface area contributed by atoms with E-state index in [1.807, 2.05) is 73.8 Å². The number of nitrogens with one attached hydrogen (secondary N) is 1. The summed E-state index contributed by atoms with van der Waals surface area (Å²) in [7, 11) is 0. The number of fused-ring (bicyclic) bond motifs is 2. The summed E-state index contributed by atoms with van der Waals surface area (Å²) < 4.78 is 0. The van der Waals surface area contributed by atoms with Gasteiger partial charge in [0.2, 0.25) is 0 Å². The topological polar surface area (TPSA) is 73.4 Å². The minimum absolute atomic E-state index is 0.136. The summed E-state index contributed by atoms with van der Waals surface area (Å²) in [6.45, 7) is 2.51. The quantitative estimate of drug-likeness (QED) is 0.251. The van der Waals surface area contributed by atoms with E-state index in [4.69, 9.17) is 0 Å². The number of nitrogens with zero attached hydrogens (tertiary/aromatic N) is 1. The van der Waals surface area contributed by atoms with Crippen LogP contribution in [0.15, 0.2) is 78.5 Å². The van der Waals surface area contributed by atoms with Gasteiger partial charge in [-0.15, -0.1) is 0 Å². The molecule has 1 atom stereocenters. The molecule has 1 aliphatic heterocycles. The Kier molecular flexibility index (Phi) is 5.02. The van der Waals surface area contributed by atoms with Crippen LogP contribution < -0.4 is 0 Å². The number of Topliss-reactive ketones (excluding diaryl/α,β-unsaturated/α-hetero) is 1. The lowest BCUT2D eigenvalue weighted by molar-refractivity contribution is -0.139. The molecule has 1 amide bonds. The van der Waals surface area contributed by atoms with Crippen LogP contribution in [-0.2, 0) is 9.59 Å². The van der Waals surface area contributed by atoms with Gasteiger partial charge in [-0.05, 0) is 29.3 Å². The van der Waals surface area contributed by atoms with Gasteiger partial charge in [0.25, 0.3) is 11.7 Å². The Bertz CT molecular complexity index is 1380. The number of para-hydroxylation sites is 1. The third-order valence-electron chi connectivity index (χ3n) is 6.23. The van der Waals surface area contributed by atoms with Gasteiger partial charge < -0.3 is 15.0 Å². The number of unbranched alkanes of at least 4 members (excludes halogenated alkanes) is 1. The Morgan fingerprint density at radius 3 is 2.56 bits per heavy atom. The van der Waals surface area contributed by atoms with Crippen LogP contribution in [0.2, 0.25) is 0 Å². The van der Waals surface area contributed by atoms with Gasteiger partial charge in [-0.1, -0.05) is 67.9 Å². The minimum atomic E-state index is -0.637. The highest BCUT2D eigenvalue weighted by molar-refractivity contribution is 6.46. The second-order valence-electron chi connectivity index (χ2n) is 8.20. The van der Waals surface area contributed by atoms with Crippen molar-refractivity contribution < 1.29 is 14.7 Å². The smallest absolute Gasteiger partial charge is 0.295 e. The van der Waals surface area contributed by atoms with E-state index in [1.165, 1.54) is 0 Å². The zero-order valence-corrected chi connectivity index (χ0v) is 17.8. The molecule has 0 aliphatic carbocycles. The van der Waals surface area contributed by atoms with Crippen LogP contribution in [-0.4, -0.2) is 33.2 Å². The van der Waals surface area contributed by atoms with Crippen molar-refractivity contribution in [3.05, 3.63) is 89.6 Å². The van der Waals surface area contributed by atoms with Crippen molar-refractivity contribution in [3.8, 4) is 0 Å². The molecule has 1 saturated heterocycles. The molecule has 5 heteroatoms. The maximum absolute atomic E-state index is 13.2. The van der Waals surface area contributed by atoms with E-state index in [-0.39, 0.29) is 11.3 Å². The number of benzene rings is 3. The molecule has 1 aliphatic rings. The van der Waals surface area contributed by atoms with Crippen LogP contribution >= 0.6 is 0 Å². The summed E-state index contributed by atoms with van der Waals surface area (Å²) in [5, 5.41) is 14.3. The van der Waals surface area contributed by atoms with E-state index in [2.05, 4.69) is 4.98 Å². The number of aromatic nitrogens is 1. The predicted molar refractivity (Wildman–Crippen MR) is 126 cm³/mol. The Balaban J connectivity index is 1.71. The van der Waals surface area contributed by atoms with Crippen molar-refractivity contribution >= 4 is 39.1 Å². The number of aliphatic hydroxyl groups is 1. The van der Waals surface area contributed by atoms with E-state index in [0.29, 0.717) is 12.1 Å². The third kappa shape index (κ3) is 3.17. The molecule has 4 aromatic rings. The lowest BCUT2D eigenvalue weighted by atomic mass is 9.94. The number of hydrogen-bond acceptors (Lipinski definition) is 3. The van der Waals surface area contributed by atoms with E-state index in [1.54, 1.807) is 11.0 Å². The molecule has 0 spiro atoms. The van der Waals surface area contributed by atoms with Gasteiger partial charge >= 0.3 is 0 Å². The number of carbonyl (C=O) groups excluding carboxylic acids is 2. The van der Waals surface area contributed by atoms with E-state index in [9.17, 15) is 14.7 Å². The van der Waals surface area contributed by atoms with Crippen molar-refractivity contribution in [1.82, 2.24) is 9.88 Å². The molecule has 1 aromatic heterocycles. The number of aliphatic hydroxyl groups excluding tert-OH is 1. The average Bonchev–Trinajstić information content (AvgIpc) is 3.35. The second-order valence-corrected chi connectivity index (χ2v) is 8.20. The summed E-state index contributed by atoms with van der Waals surface area (Å²) in [4.78, 5) is 31.1. The first-order valence-corrected chi connectivity index (χ1v) is 10.9. The molecule has 1 unspecified atom stereocenters. The van der Waals surface area contributed by atoms with Crippen LogP contribution in [0.1, 0.15) is 36.9 Å². The molecule has 0 bridgehead atoms. The Morgan fingerprint density at radius 2 is 1.75 bits per heavy atom. The number of H-pyrrole nitrogens is 1. The zero-order chi connectivity index (χ0) is 22.2. The van der Waals surface area contributed by atoms with Crippen molar-refractivity contribution in [1.29, 1.82) is 0 Å². The van der Waals surface area contributed by atoms with Crippen LogP contribution in [0.3, 0.4) is 0 Å². The molecule has 1 fully saturated rings. The van der Waals surface area contributed by atoms with Gasteiger partial charge in [-0.2, -0.15) is 0 Å². The number of amides is 1. The van der Waals surface area contributed by atoms with Gasteiger partial charge in [-0.25, -0.2) is 0 Å². The number of carbonyl (C=O) groups is 2. The molecule has 2 heterocycles. The molecule has 0 saturated carbocycles. The molecule has 5 rings (SSSR count). The van der Waals surface area contributed by atoms with Gasteiger partial charge in [-0.3, -0.25) is 9.59 Å². The van der Waals surface area contributed by atoms with E-state index in [0.717, 1.165) is 40.1 Å². The van der Waals surface area contributed by atoms with Crippen LogP contribution in [0.5, 0.6) is 0 Å². The molecular formula is C27H24N2O3. The first-order valence-electron chi connectivity index (χ1n) is 10.9. The first-order chi connectivity index (χ1) is 15.6. The molecule has 5 nitrogen and oxygen atoms in total. The lowest BCUT2D eigenvalue weighted by Gasteiger charge is -2.24. The summed E-state index contributed by atoms with van der Waals surface area (Å²) in [5.74, 6) is -1.33. The summed E-state index contributed by atoms with van der Waals surface area (Å²) in [6.07, 6.45) is 3.52. The van der Waals surface area contributed by atoms with Crippen LogP contribution in [0.25, 0.3) is 27.4 Å². The number of ketones is 1. The SMILES string of the molecule is CCCCN1C(=O)C(=O)/C(=C(/O)c2ccc3ccccc3c2)C1c1c[nH]c2ccccc12. The average molecular weight is 425 g/mol. The molecule has 2 N–H and O–H groups in total. The van der Waals surface area contributed by atoms with Gasteiger partial charge in [0, 0.05) is 34.8 Å². The standard InChI is InChI=1S/C27H24N2O3/c1-2-3-14-29-24(21-16-28-22-11-7-6-10-20(21)22)23(26(31)27(29)32)25(30)19-13-12-17-8-4-5-9-18(17)15-19/h4-13,15-16,24,28,30H,2-3,14H2,1H3/b25-23+. The maximum Gasteiger partial charge on any atom is 0.295 e. The van der Waals surface area contributed by atoms with Crippen LogP contribution in [0, 0.1) is 0 Å². The Hall–Kier alpha value is -3.86. The summed E-state index contributed by atoms with van der Waals surface area (Å²) in [5.41, 5.74) is 2.42. The van der Waals surface area contributed by atoms with E-state index >= 15 is 0 Å². The molecule has 160 valence electrons. The normalized spacial score (nSPS) is 18.2. The van der Waals surface area contributed by atoms with E-state index < -0.39 is 17.7 Å². The minimum Gasteiger partial charge on any atom is -0.507 e. The second kappa shape index (κ2) is 8.00. The van der Waals surface area contributed by atoms with Crippen molar-refractivity contribution in [2.75, 3.05) is 6.54 Å². The first kappa shape index (κ1) is 20.1. The molecule has 32 heavy (non-hydrogen) atoms. The van der Waals surface area contributed by atoms with Crippen LogP contribution in [0.4, 0.5) is 0 Å². The molecule has 3 aromatic carbocycles. The van der Waals surface area contributed by atoms with Crippen molar-refractivity contribution in [2.24, 2.45) is 0 Å². The van der Waals surface area contributed by atoms with Gasteiger partial charge in [0.1, 0.15) is 5.76 Å². The maximum atomic E-state index is 13.2. The fourth-order valence-electron chi connectivity index (χ4n) is 4.57. The number of rotatable bonds is 5. The number of hydrogen-bond donors (Lipinski definition) is 2. The van der Waals surface area contributed by atoms with Crippen molar-refractivity contribution in [2.45, 2.75) is 25.8 Å². The third-order valence-corrected chi connectivity index (χ3v) is 6.23. The predicted octanol–water partition coefficient (Wildman–Crippen LogP) is 5.54. The largest absolute Gasteiger partial charge is 0.507 e. The number of aromatic amines is 1. The molecule has 0 radical (unpaired) electrons. The fourth-order valence-corrected chi connectivity index (χ4v) is 4.57. The summed E-state index contributed by atoms with van der Waals surface area (Å²) in [6, 6.07) is 20.6. The fraction of sp³-hybridized carbons (Fsp3) is 0.185. The Labute approximate surface area is 186 Å². The lowest BCUT2D eigenvalue weighted by Crippen LogP contribution is -2.30. The highest BCUT2D eigenvalue weighted by atomic mass is 16.3. The number of likely N-dealkylation sites (tertiary alicyclic amines) is 1. The van der Waals surface area contributed by atoms with Crippen molar-refractivity contribution in [3.63, 3.8) is 0 Å². The zero-order valence-electron chi connectivity index (χ0n) is 17.8. The van der Waals surface area contributed by atoms with Gasteiger partial charge in [0.15, 0.2) is 0 Å². The monoisotopic (exact) mass is 424 g/mol. The highest BCUT2D eigenvalue weighted by Gasteiger charge is 2.46. The highest BCUT2D eigenvalue weighted by Crippen LogP contribution is 2.42. The Morgan fingerprint density at radius 1 is 1.00 bits per heavy atom. The summed E-state index contributed by atoms with van der Waals surface area (Å²) >= 11 is 0. The van der Waals surface area contributed by atoms with Gasteiger partial charge in [0.05, 0.1) is 11.6 Å². The molecular weight excluding hydrogens is 400 g/mol.